The molecule has 2 aromatic rings. The second-order valence-electron chi connectivity index (χ2n) is 6.02. The number of carbonyl (C=O) groups excluding carboxylic acids is 1. The fourth-order valence-corrected chi connectivity index (χ4v) is 2.68. The highest BCUT2D eigenvalue weighted by molar-refractivity contribution is 6.31. The molecule has 0 heterocycles. The van der Waals surface area contributed by atoms with Crippen LogP contribution in [0.1, 0.15) is 5.56 Å². The zero-order valence-corrected chi connectivity index (χ0v) is 15.7. The highest BCUT2D eigenvalue weighted by Gasteiger charge is 2.18. The van der Waals surface area contributed by atoms with Gasteiger partial charge in [0, 0.05) is 16.7 Å². The van der Waals surface area contributed by atoms with E-state index in [-0.39, 0.29) is 23.8 Å². The number of benzene rings is 2. The van der Waals surface area contributed by atoms with Crippen molar-refractivity contribution in [3.05, 3.63) is 75.8 Å². The predicted molar refractivity (Wildman–Crippen MR) is 104 cm³/mol. The third-order valence-electron chi connectivity index (χ3n) is 3.69. The number of anilines is 1. The first-order chi connectivity index (χ1) is 12.9. The number of hydrogen-bond acceptors (Lipinski definition) is 4. The van der Waals surface area contributed by atoms with Crippen molar-refractivity contribution in [3.8, 4) is 5.75 Å². The molecule has 0 saturated carbocycles. The van der Waals surface area contributed by atoms with Gasteiger partial charge in [0.05, 0.1) is 12.0 Å². The molecular formula is C19H21ClN3O4+. The maximum atomic E-state index is 12.2. The van der Waals surface area contributed by atoms with Crippen molar-refractivity contribution in [1.82, 2.24) is 0 Å². The van der Waals surface area contributed by atoms with Crippen molar-refractivity contribution < 1.29 is 19.4 Å². The maximum Gasteiger partial charge on any atom is 0.292 e. The molecule has 0 saturated heterocycles. The molecule has 2 aromatic carbocycles. The lowest BCUT2D eigenvalue weighted by Crippen LogP contribution is -3.08. The van der Waals surface area contributed by atoms with Crippen LogP contribution in [0.15, 0.2) is 55.1 Å². The van der Waals surface area contributed by atoms with Gasteiger partial charge < -0.3 is 15.0 Å². The highest BCUT2D eigenvalue weighted by atomic mass is 35.5. The molecule has 7 nitrogen and oxygen atoms in total. The lowest BCUT2D eigenvalue weighted by Gasteiger charge is -2.14. The van der Waals surface area contributed by atoms with Crippen LogP contribution in [0.3, 0.4) is 0 Å². The molecule has 1 amide bonds. The van der Waals surface area contributed by atoms with E-state index in [9.17, 15) is 14.9 Å². The molecule has 27 heavy (non-hydrogen) atoms. The minimum atomic E-state index is -0.557. The second-order valence-corrected chi connectivity index (χ2v) is 6.46. The average molecular weight is 391 g/mol. The van der Waals surface area contributed by atoms with E-state index in [0.717, 1.165) is 16.2 Å². The highest BCUT2D eigenvalue weighted by Crippen LogP contribution is 2.27. The van der Waals surface area contributed by atoms with Gasteiger partial charge in [-0.25, -0.2) is 0 Å². The van der Waals surface area contributed by atoms with Gasteiger partial charge in [0.2, 0.25) is 0 Å². The molecule has 0 radical (unpaired) electrons. The number of amides is 1. The average Bonchev–Trinajstić information content (AvgIpc) is 2.60. The van der Waals surface area contributed by atoms with Crippen LogP contribution < -0.4 is 15.0 Å². The van der Waals surface area contributed by atoms with Crippen molar-refractivity contribution in [2.24, 2.45) is 0 Å². The van der Waals surface area contributed by atoms with Crippen LogP contribution in [-0.4, -0.2) is 31.0 Å². The summed E-state index contributed by atoms with van der Waals surface area (Å²) in [7, 11) is 1.87. The van der Waals surface area contributed by atoms with Crippen molar-refractivity contribution in [2.45, 2.75) is 6.54 Å². The van der Waals surface area contributed by atoms with E-state index in [4.69, 9.17) is 16.3 Å². The molecule has 0 aliphatic heterocycles. The number of nitrogens with one attached hydrogen (secondary N) is 2. The molecule has 142 valence electrons. The lowest BCUT2D eigenvalue weighted by atomic mass is 10.2. The Labute approximate surface area is 162 Å². The zero-order chi connectivity index (χ0) is 19.8. The Morgan fingerprint density at radius 1 is 1.33 bits per heavy atom. The number of nitro groups is 1. The second kappa shape index (κ2) is 9.70. The number of nitrogens with zero attached hydrogens (tertiary/aromatic N) is 1. The number of nitro benzene ring substituents is 1. The number of quaternary nitrogens is 1. The SMILES string of the molecule is C=CCOc1ccc(C[NH+](C)CC(=O)Nc2cc(Cl)ccc2[N+](=O)[O-])cc1. The summed E-state index contributed by atoms with van der Waals surface area (Å²) in [5, 5.41) is 13.9. The normalized spacial score (nSPS) is 11.5. The Hall–Kier alpha value is -2.90. The molecule has 0 aromatic heterocycles. The Morgan fingerprint density at radius 2 is 2.04 bits per heavy atom. The first kappa shape index (κ1) is 20.4. The van der Waals surface area contributed by atoms with Crippen molar-refractivity contribution in [2.75, 3.05) is 25.5 Å². The van der Waals surface area contributed by atoms with E-state index in [1.54, 1.807) is 6.08 Å². The van der Waals surface area contributed by atoms with Gasteiger partial charge in [-0.1, -0.05) is 24.3 Å². The van der Waals surface area contributed by atoms with Gasteiger partial charge in [0.15, 0.2) is 6.54 Å². The summed E-state index contributed by atoms with van der Waals surface area (Å²) in [5.41, 5.74) is 0.939. The third kappa shape index (κ3) is 6.40. The topological polar surface area (TPSA) is 85.9 Å². The van der Waals surface area contributed by atoms with Gasteiger partial charge >= 0.3 is 0 Å². The van der Waals surface area contributed by atoms with Crippen LogP contribution in [0.5, 0.6) is 5.75 Å². The first-order valence-electron chi connectivity index (χ1n) is 8.26. The summed E-state index contributed by atoms with van der Waals surface area (Å²) in [6.07, 6.45) is 1.68. The van der Waals surface area contributed by atoms with Gasteiger partial charge in [0.1, 0.15) is 24.6 Å². The van der Waals surface area contributed by atoms with Crippen LogP contribution >= 0.6 is 11.6 Å². The van der Waals surface area contributed by atoms with Gasteiger partial charge in [-0.3, -0.25) is 14.9 Å². The van der Waals surface area contributed by atoms with Gasteiger partial charge in [0.25, 0.3) is 11.6 Å². The molecule has 2 rings (SSSR count). The summed E-state index contributed by atoms with van der Waals surface area (Å²) >= 11 is 5.87. The summed E-state index contributed by atoms with van der Waals surface area (Å²) in [5.74, 6) is 0.422. The number of halogens is 1. The van der Waals surface area contributed by atoms with E-state index >= 15 is 0 Å². The third-order valence-corrected chi connectivity index (χ3v) is 3.92. The molecule has 0 bridgehead atoms. The van der Waals surface area contributed by atoms with E-state index in [2.05, 4.69) is 11.9 Å². The molecule has 0 spiro atoms. The Morgan fingerprint density at radius 3 is 2.67 bits per heavy atom. The molecule has 0 aliphatic carbocycles. The van der Waals surface area contributed by atoms with Crippen LogP contribution in [0, 0.1) is 10.1 Å². The van der Waals surface area contributed by atoms with E-state index in [1.807, 2.05) is 31.3 Å². The van der Waals surface area contributed by atoms with Crippen molar-refractivity contribution >= 4 is 28.9 Å². The molecule has 1 atom stereocenters. The van der Waals surface area contributed by atoms with Crippen LogP contribution in [0.4, 0.5) is 11.4 Å². The molecular weight excluding hydrogens is 370 g/mol. The number of ether oxygens (including phenoxy) is 1. The van der Waals surface area contributed by atoms with E-state index in [1.165, 1.54) is 18.2 Å². The van der Waals surface area contributed by atoms with E-state index in [0.29, 0.717) is 18.2 Å². The first-order valence-corrected chi connectivity index (χ1v) is 8.64. The number of likely N-dealkylation sites (N-methyl/N-ethyl adjacent to an activating group) is 1. The summed E-state index contributed by atoms with van der Waals surface area (Å²) < 4.78 is 5.43. The maximum absolute atomic E-state index is 12.2. The molecule has 8 heteroatoms. The number of hydrogen-bond donors (Lipinski definition) is 2. The predicted octanol–water partition coefficient (Wildman–Crippen LogP) is 2.47. The minimum absolute atomic E-state index is 0.0917. The fraction of sp³-hybridized carbons (Fsp3) is 0.211. The molecule has 1 unspecified atom stereocenters. The van der Waals surface area contributed by atoms with Crippen molar-refractivity contribution in [1.29, 1.82) is 0 Å². The van der Waals surface area contributed by atoms with Crippen LogP contribution in [0.2, 0.25) is 5.02 Å². The van der Waals surface area contributed by atoms with Gasteiger partial charge in [-0.05, 0) is 36.4 Å². The molecule has 2 N–H and O–H groups in total. The molecule has 0 fully saturated rings. The van der Waals surface area contributed by atoms with E-state index < -0.39 is 4.92 Å². The number of carbonyl (C=O) groups is 1. The fourth-order valence-electron chi connectivity index (χ4n) is 2.51. The Kier molecular flexibility index (Phi) is 7.34. The summed E-state index contributed by atoms with van der Waals surface area (Å²) in [6, 6.07) is 11.6. The van der Waals surface area contributed by atoms with Gasteiger partial charge in [-0.15, -0.1) is 0 Å². The van der Waals surface area contributed by atoms with Crippen LogP contribution in [-0.2, 0) is 11.3 Å². The quantitative estimate of drug-likeness (QED) is 0.391. The molecule has 0 aliphatic rings. The largest absolute Gasteiger partial charge is 0.490 e. The standard InChI is InChI=1S/C19H20ClN3O4/c1-3-10-27-16-7-4-14(5-8-16)12-22(2)13-19(24)21-17-11-15(20)6-9-18(17)23(25)26/h3-9,11H,1,10,12-13H2,2H3,(H,21,24)/p+1. The summed E-state index contributed by atoms with van der Waals surface area (Å²) in [6.45, 7) is 4.81. The monoisotopic (exact) mass is 390 g/mol. The van der Waals surface area contributed by atoms with Gasteiger partial charge in [-0.2, -0.15) is 0 Å². The Bertz CT molecular complexity index is 824. The zero-order valence-electron chi connectivity index (χ0n) is 14.9. The van der Waals surface area contributed by atoms with Crippen molar-refractivity contribution in [3.63, 3.8) is 0 Å². The smallest absolute Gasteiger partial charge is 0.292 e. The lowest BCUT2D eigenvalue weighted by molar-refractivity contribution is -0.885. The number of rotatable bonds is 9. The minimum Gasteiger partial charge on any atom is -0.490 e. The van der Waals surface area contributed by atoms with Crippen LogP contribution in [0.25, 0.3) is 0 Å². The summed E-state index contributed by atoms with van der Waals surface area (Å²) in [4.78, 5) is 23.7. The Balaban J connectivity index is 1.93.